The van der Waals surface area contributed by atoms with Crippen molar-refractivity contribution in [1.29, 1.82) is 0 Å². The fourth-order valence-electron chi connectivity index (χ4n) is 4.22. The third-order valence-electron chi connectivity index (χ3n) is 5.98. The average Bonchev–Trinajstić information content (AvgIpc) is 3.68. The van der Waals surface area contributed by atoms with E-state index in [1.54, 1.807) is 43.6 Å². The summed E-state index contributed by atoms with van der Waals surface area (Å²) in [4.78, 5) is 69.0. The summed E-state index contributed by atoms with van der Waals surface area (Å²) in [6.45, 7) is 5.49. The number of H-pyrrole nitrogens is 1. The molecule has 43 heavy (non-hydrogen) atoms. The minimum Gasteiger partial charge on any atom is -0.462 e. The maximum absolute atomic E-state index is 12.0. The van der Waals surface area contributed by atoms with Crippen molar-refractivity contribution in [3.05, 3.63) is 98.7 Å². The van der Waals surface area contributed by atoms with E-state index in [-0.39, 0.29) is 42.3 Å². The van der Waals surface area contributed by atoms with E-state index >= 15 is 0 Å². The Labute approximate surface area is 242 Å². The number of nitrogens with one attached hydrogen (secondary N) is 1. The molecule has 15 nitrogen and oxygen atoms in total. The summed E-state index contributed by atoms with van der Waals surface area (Å²) in [5.41, 5.74) is 1.01. The standard InChI is InChI=1S/C15H15N3O6.C13H11N3O3/c1-3-23-14(19)10-6-5-7-11(13(10)18(21)22)17-9-16-8-12(17)15(20)24-4-2;1-2-19-13(18)8-4-3-5-9-11(8)15-12(17)10-6-14-7-16(9)10/h5-9H,3-4H2,1-2H3;3-7H,2H2,1H3,(H,15,17). The number of nitrogens with zero attached hydrogens (tertiary/aromatic N) is 5. The van der Waals surface area contributed by atoms with E-state index < -0.39 is 28.5 Å². The first-order valence-corrected chi connectivity index (χ1v) is 13.0. The molecule has 0 unspecified atom stereocenters. The van der Waals surface area contributed by atoms with Crippen LogP contribution in [-0.4, -0.2) is 66.6 Å². The van der Waals surface area contributed by atoms with Crippen LogP contribution in [0, 0.1) is 10.1 Å². The maximum Gasteiger partial charge on any atom is 0.356 e. The van der Waals surface area contributed by atoms with Gasteiger partial charge in [0, 0.05) is 0 Å². The van der Waals surface area contributed by atoms with Crippen LogP contribution in [0.25, 0.3) is 22.2 Å². The molecule has 0 saturated heterocycles. The van der Waals surface area contributed by atoms with Gasteiger partial charge >= 0.3 is 23.6 Å². The zero-order valence-corrected chi connectivity index (χ0v) is 23.3. The molecule has 3 heterocycles. The van der Waals surface area contributed by atoms with Crippen LogP contribution in [0.2, 0.25) is 0 Å². The van der Waals surface area contributed by atoms with E-state index in [0.29, 0.717) is 22.1 Å². The number of carbonyl (C=O) groups excluding carboxylic acids is 3. The predicted octanol–water partition coefficient (Wildman–Crippen LogP) is 3.49. The first-order chi connectivity index (χ1) is 20.7. The molecule has 15 heteroatoms. The molecular weight excluding hydrogens is 564 g/mol. The van der Waals surface area contributed by atoms with Crippen LogP contribution in [0.15, 0.2) is 66.2 Å². The maximum atomic E-state index is 12.0. The number of rotatable bonds is 8. The van der Waals surface area contributed by atoms with Gasteiger partial charge in [0.15, 0.2) is 5.69 Å². The molecule has 2 aromatic carbocycles. The van der Waals surface area contributed by atoms with E-state index in [9.17, 15) is 29.3 Å². The van der Waals surface area contributed by atoms with Gasteiger partial charge in [-0.1, -0.05) is 12.1 Å². The van der Waals surface area contributed by atoms with Gasteiger partial charge < -0.3 is 19.2 Å². The summed E-state index contributed by atoms with van der Waals surface area (Å²) < 4.78 is 17.6. The molecule has 0 bridgehead atoms. The van der Waals surface area contributed by atoms with Crippen LogP contribution in [0.4, 0.5) is 5.69 Å². The molecule has 0 fully saturated rings. The van der Waals surface area contributed by atoms with E-state index in [1.165, 1.54) is 41.5 Å². The number of carbonyl (C=O) groups is 3. The summed E-state index contributed by atoms with van der Waals surface area (Å²) >= 11 is 0. The number of hydrogen-bond acceptors (Lipinski definition) is 11. The summed E-state index contributed by atoms with van der Waals surface area (Å²) in [5.74, 6) is -1.95. The van der Waals surface area contributed by atoms with Crippen molar-refractivity contribution in [2.75, 3.05) is 19.8 Å². The molecule has 0 aliphatic heterocycles. The zero-order chi connectivity index (χ0) is 31.1. The van der Waals surface area contributed by atoms with E-state index in [0.717, 1.165) is 0 Å². The number of imidazole rings is 2. The fraction of sp³-hybridized carbons (Fsp3) is 0.214. The molecule has 0 amide bonds. The highest BCUT2D eigenvalue weighted by Crippen LogP contribution is 2.29. The van der Waals surface area contributed by atoms with Crippen molar-refractivity contribution in [2.45, 2.75) is 20.8 Å². The first-order valence-electron chi connectivity index (χ1n) is 13.0. The van der Waals surface area contributed by atoms with Crippen LogP contribution in [0.3, 0.4) is 0 Å². The lowest BCUT2D eigenvalue weighted by Crippen LogP contribution is -2.14. The van der Waals surface area contributed by atoms with E-state index in [1.807, 2.05) is 6.07 Å². The van der Waals surface area contributed by atoms with Crippen molar-refractivity contribution in [3.8, 4) is 5.69 Å². The zero-order valence-electron chi connectivity index (χ0n) is 23.3. The highest BCUT2D eigenvalue weighted by Gasteiger charge is 2.28. The second kappa shape index (κ2) is 13.2. The number of aromatic nitrogens is 5. The van der Waals surface area contributed by atoms with Gasteiger partial charge in [-0.05, 0) is 45.0 Å². The van der Waals surface area contributed by atoms with Crippen molar-refractivity contribution in [3.63, 3.8) is 0 Å². The molecule has 0 aliphatic carbocycles. The van der Waals surface area contributed by atoms with Gasteiger partial charge in [0.05, 0.1) is 60.1 Å². The summed E-state index contributed by atoms with van der Waals surface area (Å²) in [5, 5.41) is 11.5. The van der Waals surface area contributed by atoms with Crippen molar-refractivity contribution < 1.29 is 33.5 Å². The Balaban J connectivity index is 0.000000202. The first kappa shape index (κ1) is 30.1. The lowest BCUT2D eigenvalue weighted by atomic mass is 10.1. The van der Waals surface area contributed by atoms with E-state index in [4.69, 9.17) is 14.2 Å². The Bertz CT molecular complexity index is 1890. The molecular formula is C28H26N6O9. The minimum atomic E-state index is -0.816. The van der Waals surface area contributed by atoms with Crippen LogP contribution >= 0.6 is 0 Å². The summed E-state index contributed by atoms with van der Waals surface area (Å²) in [6, 6.07) is 9.34. The number of hydrogen-bond donors (Lipinski definition) is 1. The molecule has 5 rings (SSSR count). The third kappa shape index (κ3) is 6.09. The third-order valence-corrected chi connectivity index (χ3v) is 5.98. The van der Waals surface area contributed by atoms with Gasteiger partial charge in [0.25, 0.3) is 5.56 Å². The smallest absolute Gasteiger partial charge is 0.356 e. The van der Waals surface area contributed by atoms with E-state index in [2.05, 4.69) is 15.0 Å². The molecule has 5 aromatic rings. The number of para-hydroxylation sites is 2. The fourth-order valence-corrected chi connectivity index (χ4v) is 4.22. The SMILES string of the molecule is CCOC(=O)c1cccc(-n2cncc2C(=O)OCC)c1[N+](=O)[O-].CCOC(=O)c1cccc2c1[nH]c(=O)c1cncn12. The van der Waals surface area contributed by atoms with Crippen LogP contribution in [0.1, 0.15) is 52.0 Å². The number of esters is 3. The number of aromatic amines is 1. The van der Waals surface area contributed by atoms with Gasteiger partial charge in [0.1, 0.15) is 23.1 Å². The molecule has 0 atom stereocenters. The van der Waals surface area contributed by atoms with Gasteiger partial charge in [0.2, 0.25) is 0 Å². The normalized spacial score (nSPS) is 10.6. The molecule has 0 radical (unpaired) electrons. The van der Waals surface area contributed by atoms with Crippen molar-refractivity contribution >= 4 is 40.1 Å². The molecule has 0 aliphatic rings. The van der Waals surface area contributed by atoms with Crippen molar-refractivity contribution in [2.24, 2.45) is 0 Å². The van der Waals surface area contributed by atoms with Gasteiger partial charge in [-0.3, -0.25) is 23.9 Å². The topological polar surface area (TPSA) is 190 Å². The molecule has 0 spiro atoms. The molecule has 3 aromatic heterocycles. The van der Waals surface area contributed by atoms with Gasteiger partial charge in [-0.25, -0.2) is 24.4 Å². The highest BCUT2D eigenvalue weighted by molar-refractivity contribution is 6.02. The molecule has 0 saturated carbocycles. The Morgan fingerprint density at radius 3 is 2.12 bits per heavy atom. The lowest BCUT2D eigenvalue weighted by molar-refractivity contribution is -0.384. The number of nitro benzene ring substituents is 1. The monoisotopic (exact) mass is 590 g/mol. The second-order valence-electron chi connectivity index (χ2n) is 8.54. The second-order valence-corrected chi connectivity index (χ2v) is 8.54. The Hall–Kier alpha value is -5.86. The number of nitro groups is 1. The van der Waals surface area contributed by atoms with Crippen LogP contribution in [0.5, 0.6) is 0 Å². The van der Waals surface area contributed by atoms with Gasteiger partial charge in [-0.15, -0.1) is 0 Å². The van der Waals surface area contributed by atoms with Crippen LogP contribution < -0.4 is 5.56 Å². The number of benzene rings is 2. The van der Waals surface area contributed by atoms with Crippen molar-refractivity contribution in [1.82, 2.24) is 23.9 Å². The predicted molar refractivity (Wildman–Crippen MR) is 151 cm³/mol. The Kier molecular flexibility index (Phi) is 9.24. The molecule has 1 N–H and O–H groups in total. The minimum absolute atomic E-state index is 0.0148. The largest absolute Gasteiger partial charge is 0.462 e. The molecule has 222 valence electrons. The van der Waals surface area contributed by atoms with Crippen LogP contribution in [-0.2, 0) is 14.2 Å². The highest BCUT2D eigenvalue weighted by atomic mass is 16.6. The lowest BCUT2D eigenvalue weighted by Gasteiger charge is -2.10. The quantitative estimate of drug-likeness (QED) is 0.120. The number of fused-ring (bicyclic) bond motifs is 3. The summed E-state index contributed by atoms with van der Waals surface area (Å²) in [7, 11) is 0. The number of ether oxygens (including phenoxy) is 3. The summed E-state index contributed by atoms with van der Waals surface area (Å²) in [6.07, 6.45) is 5.50. The Morgan fingerprint density at radius 2 is 1.44 bits per heavy atom. The Morgan fingerprint density at radius 1 is 0.837 bits per heavy atom. The average molecular weight is 591 g/mol. The van der Waals surface area contributed by atoms with Gasteiger partial charge in [-0.2, -0.15) is 0 Å².